The van der Waals surface area contributed by atoms with Gasteiger partial charge in [0.1, 0.15) is 0 Å². The number of thiophene rings is 1. The third-order valence-electron chi connectivity index (χ3n) is 3.12. The van der Waals surface area contributed by atoms with Crippen LogP contribution < -0.4 is 5.32 Å². The fourth-order valence-corrected chi connectivity index (χ4v) is 3.05. The zero-order valence-corrected chi connectivity index (χ0v) is 13.8. The van der Waals surface area contributed by atoms with Gasteiger partial charge in [-0.3, -0.25) is 4.79 Å². The fraction of sp³-hybridized carbons (Fsp3) is 0.0667. The summed E-state index contributed by atoms with van der Waals surface area (Å²) in [6.45, 7) is 0.356. The summed E-state index contributed by atoms with van der Waals surface area (Å²) in [5.74, 6) is -0.441. The summed E-state index contributed by atoms with van der Waals surface area (Å²) in [6, 6.07) is 9.96. The number of hydrogen-bond acceptors (Lipinski definition) is 5. The van der Waals surface area contributed by atoms with Crippen molar-refractivity contribution < 1.29 is 9.72 Å². The van der Waals surface area contributed by atoms with Crippen molar-refractivity contribution in [3.8, 4) is 0 Å². The summed E-state index contributed by atoms with van der Waals surface area (Å²) in [6.07, 6.45) is 1.53. The minimum absolute atomic E-state index is 0.204. The van der Waals surface area contributed by atoms with Crippen molar-refractivity contribution in [1.29, 1.82) is 0 Å². The second kappa shape index (κ2) is 6.81. The number of amides is 1. The van der Waals surface area contributed by atoms with Gasteiger partial charge in [-0.2, -0.15) is 4.68 Å². The van der Waals surface area contributed by atoms with E-state index in [1.54, 1.807) is 30.3 Å². The Morgan fingerprint density at radius 3 is 2.92 bits per heavy atom. The lowest BCUT2D eigenvalue weighted by Gasteiger charge is -2.03. The monoisotopic (exact) mass is 362 g/mol. The molecule has 7 nitrogen and oxygen atoms in total. The van der Waals surface area contributed by atoms with Gasteiger partial charge in [0.25, 0.3) is 5.91 Å². The Morgan fingerprint density at radius 1 is 1.38 bits per heavy atom. The summed E-state index contributed by atoms with van der Waals surface area (Å²) in [5.41, 5.74) is 1.46. The third kappa shape index (κ3) is 3.79. The molecule has 0 saturated carbocycles. The number of nitro groups is 1. The Balaban J connectivity index is 1.68. The lowest BCUT2D eigenvalue weighted by Crippen LogP contribution is -2.10. The van der Waals surface area contributed by atoms with E-state index in [0.29, 0.717) is 22.1 Å². The van der Waals surface area contributed by atoms with E-state index < -0.39 is 4.92 Å². The molecule has 0 aliphatic rings. The van der Waals surface area contributed by atoms with Gasteiger partial charge >= 0.3 is 5.82 Å². The highest BCUT2D eigenvalue weighted by Crippen LogP contribution is 2.20. The first-order chi connectivity index (χ1) is 11.5. The molecule has 3 rings (SSSR count). The van der Waals surface area contributed by atoms with E-state index in [2.05, 4.69) is 10.4 Å². The summed E-state index contributed by atoms with van der Waals surface area (Å²) in [7, 11) is 0. The number of benzene rings is 1. The van der Waals surface area contributed by atoms with E-state index in [-0.39, 0.29) is 11.7 Å². The molecule has 2 aromatic heterocycles. The molecular weight excluding hydrogens is 352 g/mol. The lowest BCUT2D eigenvalue weighted by molar-refractivity contribution is -0.389. The number of anilines is 1. The van der Waals surface area contributed by atoms with Crippen molar-refractivity contribution in [3.63, 3.8) is 0 Å². The van der Waals surface area contributed by atoms with Crippen LogP contribution >= 0.6 is 22.9 Å². The molecule has 0 atom stereocenters. The van der Waals surface area contributed by atoms with Crippen molar-refractivity contribution in [1.82, 2.24) is 9.78 Å². The van der Waals surface area contributed by atoms with E-state index >= 15 is 0 Å². The van der Waals surface area contributed by atoms with E-state index in [4.69, 9.17) is 11.6 Å². The van der Waals surface area contributed by atoms with E-state index in [9.17, 15) is 14.9 Å². The van der Waals surface area contributed by atoms with Crippen molar-refractivity contribution in [2.24, 2.45) is 0 Å². The Bertz CT molecular complexity index is 906. The average Bonchev–Trinajstić information content (AvgIpc) is 3.17. The average molecular weight is 363 g/mol. The topological polar surface area (TPSA) is 90.1 Å². The van der Waals surface area contributed by atoms with Crippen molar-refractivity contribution in [2.75, 3.05) is 5.32 Å². The lowest BCUT2D eigenvalue weighted by atomic mass is 10.3. The number of nitrogens with zero attached hydrogens (tertiary/aromatic N) is 3. The number of aromatic nitrogens is 2. The molecule has 0 spiro atoms. The Labute approximate surface area is 145 Å². The zero-order chi connectivity index (χ0) is 17.1. The van der Waals surface area contributed by atoms with Gasteiger partial charge in [0.05, 0.1) is 28.8 Å². The highest BCUT2D eigenvalue weighted by atomic mass is 35.5. The quantitative estimate of drug-likeness (QED) is 0.552. The first-order valence-corrected chi connectivity index (χ1v) is 8.09. The predicted molar refractivity (Wildman–Crippen MR) is 91.7 cm³/mol. The molecule has 0 bridgehead atoms. The van der Waals surface area contributed by atoms with E-state index in [0.717, 1.165) is 5.56 Å². The molecule has 2 heterocycles. The second-order valence-electron chi connectivity index (χ2n) is 4.91. The van der Waals surface area contributed by atoms with Gasteiger partial charge in [-0.1, -0.05) is 17.7 Å². The number of nitrogens with one attached hydrogen (secondary N) is 1. The molecule has 0 fully saturated rings. The maximum absolute atomic E-state index is 12.2. The predicted octanol–water partition coefficient (Wildman–Crippen LogP) is 3.81. The molecule has 0 radical (unpaired) electrons. The van der Waals surface area contributed by atoms with Crippen LogP contribution in [0.4, 0.5) is 11.5 Å². The maximum Gasteiger partial charge on any atom is 0.389 e. The molecule has 1 amide bonds. The summed E-state index contributed by atoms with van der Waals surface area (Å²) in [4.78, 5) is 22.8. The highest BCUT2D eigenvalue weighted by molar-refractivity contribution is 7.12. The standard InChI is InChI=1S/C15H11ClN4O3S/c16-11-2-1-3-12(7-11)17-15(21)13-6-10(9-24-13)8-19-5-4-14(18-19)20(22)23/h1-7,9H,8H2,(H,17,21). The number of carbonyl (C=O) groups excluding carboxylic acids is 1. The minimum Gasteiger partial charge on any atom is -0.358 e. The normalized spacial score (nSPS) is 10.5. The Morgan fingerprint density at radius 2 is 2.21 bits per heavy atom. The zero-order valence-electron chi connectivity index (χ0n) is 12.2. The summed E-state index contributed by atoms with van der Waals surface area (Å²) >= 11 is 7.18. The summed E-state index contributed by atoms with van der Waals surface area (Å²) in [5, 5.41) is 19.6. The maximum atomic E-state index is 12.2. The van der Waals surface area contributed by atoms with Crippen molar-refractivity contribution >= 4 is 40.4 Å². The fourth-order valence-electron chi connectivity index (χ4n) is 2.06. The molecule has 3 aromatic rings. The molecule has 0 saturated heterocycles. The van der Waals surface area contributed by atoms with Crippen molar-refractivity contribution in [3.05, 3.63) is 73.6 Å². The van der Waals surface area contributed by atoms with Crippen LogP contribution in [0.25, 0.3) is 0 Å². The Kier molecular flexibility index (Phi) is 4.59. The first-order valence-electron chi connectivity index (χ1n) is 6.83. The van der Waals surface area contributed by atoms with Crippen LogP contribution in [-0.4, -0.2) is 20.6 Å². The van der Waals surface area contributed by atoms with Crippen LogP contribution in [0, 0.1) is 10.1 Å². The first kappa shape index (κ1) is 16.2. The second-order valence-corrected chi connectivity index (χ2v) is 6.26. The van der Waals surface area contributed by atoms with Crippen LogP contribution in [0.3, 0.4) is 0 Å². The molecular formula is C15H11ClN4O3S. The molecule has 0 unspecified atom stereocenters. The molecule has 0 aliphatic carbocycles. The van der Waals surface area contributed by atoms with E-state index in [1.165, 1.54) is 28.3 Å². The van der Waals surface area contributed by atoms with Gasteiger partial charge in [-0.15, -0.1) is 11.3 Å². The third-order valence-corrected chi connectivity index (χ3v) is 4.33. The van der Waals surface area contributed by atoms with Crippen LogP contribution in [0.15, 0.2) is 48.0 Å². The van der Waals surface area contributed by atoms with Gasteiger partial charge in [-0.25, -0.2) is 0 Å². The molecule has 1 aromatic carbocycles. The van der Waals surface area contributed by atoms with Gasteiger partial charge in [0.15, 0.2) is 0 Å². The number of hydrogen-bond donors (Lipinski definition) is 1. The molecule has 1 N–H and O–H groups in total. The molecule has 0 aliphatic heterocycles. The smallest absolute Gasteiger partial charge is 0.358 e. The van der Waals surface area contributed by atoms with Gasteiger partial charge < -0.3 is 15.4 Å². The van der Waals surface area contributed by atoms with Crippen LogP contribution in [0.1, 0.15) is 15.2 Å². The number of carbonyl (C=O) groups is 1. The van der Waals surface area contributed by atoms with Gasteiger partial charge in [-0.05, 0) is 40.1 Å². The molecule has 9 heteroatoms. The number of rotatable bonds is 5. The number of halogens is 1. The molecule has 122 valence electrons. The molecule has 24 heavy (non-hydrogen) atoms. The Hall–Kier alpha value is -2.71. The highest BCUT2D eigenvalue weighted by Gasteiger charge is 2.14. The minimum atomic E-state index is -0.548. The van der Waals surface area contributed by atoms with Crippen LogP contribution in [0.5, 0.6) is 0 Å². The van der Waals surface area contributed by atoms with Gasteiger partial charge in [0, 0.05) is 10.7 Å². The largest absolute Gasteiger partial charge is 0.389 e. The summed E-state index contributed by atoms with van der Waals surface area (Å²) < 4.78 is 1.46. The van der Waals surface area contributed by atoms with Crippen LogP contribution in [0.2, 0.25) is 5.02 Å². The van der Waals surface area contributed by atoms with Gasteiger partial charge in [0.2, 0.25) is 0 Å². The van der Waals surface area contributed by atoms with Crippen molar-refractivity contribution in [2.45, 2.75) is 6.54 Å². The SMILES string of the molecule is O=C(Nc1cccc(Cl)c1)c1cc(Cn2ccc([N+](=O)[O-])n2)cs1. The van der Waals surface area contributed by atoms with Crippen LogP contribution in [-0.2, 0) is 6.54 Å². The van der Waals surface area contributed by atoms with E-state index in [1.807, 2.05) is 5.38 Å².